The molecule has 1 atom stereocenters. The van der Waals surface area contributed by atoms with Crippen molar-refractivity contribution in [2.75, 3.05) is 6.61 Å². The van der Waals surface area contributed by atoms with Crippen LogP contribution in [-0.2, 0) is 9.22 Å². The van der Waals surface area contributed by atoms with Crippen LogP contribution in [0, 0.1) is 0 Å². The van der Waals surface area contributed by atoms with E-state index < -0.39 is 20.4 Å². The smallest absolute Gasteiger partial charge is 0.334 e. The molecule has 0 saturated heterocycles. The van der Waals surface area contributed by atoms with Gasteiger partial charge in [-0.1, -0.05) is 20.8 Å². The molecular formula is C9H20O4Si. The molecule has 0 heterocycles. The topological polar surface area (TPSA) is 66.8 Å². The lowest BCUT2D eigenvalue weighted by atomic mass is 10.2. The number of aliphatic carboxylic acids is 1. The van der Waals surface area contributed by atoms with Crippen molar-refractivity contribution in [3.05, 3.63) is 0 Å². The molecule has 0 bridgehead atoms. The van der Waals surface area contributed by atoms with E-state index in [2.05, 4.69) is 20.8 Å². The van der Waals surface area contributed by atoms with E-state index in [4.69, 9.17) is 14.6 Å². The van der Waals surface area contributed by atoms with Gasteiger partial charge in [0.2, 0.25) is 0 Å². The first-order chi connectivity index (χ1) is 6.08. The van der Waals surface area contributed by atoms with E-state index in [0.29, 0.717) is 0 Å². The maximum Gasteiger partial charge on any atom is 0.334 e. The average Bonchev–Trinajstić information content (AvgIpc) is 1.97. The molecule has 4 nitrogen and oxygen atoms in total. The van der Waals surface area contributed by atoms with Gasteiger partial charge < -0.3 is 14.6 Å². The Bertz CT molecular complexity index is 207. The van der Waals surface area contributed by atoms with Crippen molar-refractivity contribution >= 4 is 14.3 Å². The van der Waals surface area contributed by atoms with Gasteiger partial charge in [0.15, 0.2) is 14.4 Å². The second-order valence-corrected chi connectivity index (χ2v) is 9.73. The zero-order chi connectivity index (χ0) is 11.6. The molecule has 0 aliphatic rings. The average molecular weight is 220 g/mol. The molecule has 0 spiro atoms. The highest BCUT2D eigenvalue weighted by atomic mass is 28.4. The number of aliphatic hydroxyl groups excluding tert-OH is 1. The van der Waals surface area contributed by atoms with Crippen LogP contribution in [0.25, 0.3) is 0 Å². The second kappa shape index (κ2) is 4.42. The first kappa shape index (κ1) is 13.6. The quantitative estimate of drug-likeness (QED) is 0.704. The van der Waals surface area contributed by atoms with E-state index in [0.717, 1.165) is 0 Å². The molecule has 14 heavy (non-hydrogen) atoms. The Kier molecular flexibility index (Phi) is 4.29. The van der Waals surface area contributed by atoms with E-state index in [1.165, 1.54) is 0 Å². The summed E-state index contributed by atoms with van der Waals surface area (Å²) in [6.45, 7) is 10.1. The van der Waals surface area contributed by atoms with Crippen molar-refractivity contribution in [1.29, 1.82) is 0 Å². The molecule has 0 aliphatic carbocycles. The predicted molar refractivity (Wildman–Crippen MR) is 56.8 cm³/mol. The maximum absolute atomic E-state index is 10.4. The summed E-state index contributed by atoms with van der Waals surface area (Å²) in [5, 5.41) is 17.6. The van der Waals surface area contributed by atoms with Crippen LogP contribution in [0.4, 0.5) is 0 Å². The molecule has 0 radical (unpaired) electrons. The Morgan fingerprint density at radius 1 is 1.43 bits per heavy atom. The molecule has 0 aromatic heterocycles. The monoisotopic (exact) mass is 220 g/mol. The zero-order valence-electron chi connectivity index (χ0n) is 9.50. The summed E-state index contributed by atoms with van der Waals surface area (Å²) in [6.07, 6.45) is -1.41. The molecule has 0 aromatic carbocycles. The summed E-state index contributed by atoms with van der Waals surface area (Å²) in [6, 6.07) is 0. The lowest BCUT2D eigenvalue weighted by Gasteiger charge is -2.36. The number of hydrogen-bond acceptors (Lipinski definition) is 3. The minimum absolute atomic E-state index is 0.0330. The number of hydrogen-bond donors (Lipinski definition) is 2. The molecule has 0 fully saturated rings. The lowest BCUT2D eigenvalue weighted by molar-refractivity contribution is -0.148. The Hall–Kier alpha value is -0.393. The summed E-state index contributed by atoms with van der Waals surface area (Å²) in [5.74, 6) is -1.23. The molecule has 84 valence electrons. The third-order valence-corrected chi connectivity index (χ3v) is 7.19. The summed E-state index contributed by atoms with van der Waals surface area (Å²) >= 11 is 0. The molecule has 0 amide bonds. The standard InChI is InChI=1S/C9H20O4Si/c1-9(2,3)14(4,5)13-6-7(10)8(11)12/h7,10H,6H2,1-5H3,(H,11,12). The molecule has 0 rings (SSSR count). The summed E-state index contributed by atoms with van der Waals surface area (Å²) in [4.78, 5) is 10.4. The number of carbonyl (C=O) groups is 1. The van der Waals surface area contributed by atoms with E-state index in [-0.39, 0.29) is 11.6 Å². The number of carboxylic acid groups (broad SMARTS) is 1. The Morgan fingerprint density at radius 3 is 2.14 bits per heavy atom. The van der Waals surface area contributed by atoms with Crippen LogP contribution >= 0.6 is 0 Å². The van der Waals surface area contributed by atoms with Crippen molar-refractivity contribution in [2.45, 2.75) is 45.0 Å². The molecular weight excluding hydrogens is 200 g/mol. The highest BCUT2D eigenvalue weighted by Crippen LogP contribution is 2.36. The molecule has 0 aromatic rings. The Morgan fingerprint density at radius 2 is 1.86 bits per heavy atom. The van der Waals surface area contributed by atoms with Crippen molar-refractivity contribution in [1.82, 2.24) is 0 Å². The van der Waals surface area contributed by atoms with Gasteiger partial charge in [-0.3, -0.25) is 0 Å². The molecule has 2 N–H and O–H groups in total. The summed E-state index contributed by atoms with van der Waals surface area (Å²) in [7, 11) is -1.94. The van der Waals surface area contributed by atoms with Gasteiger partial charge in [0, 0.05) is 0 Å². The van der Waals surface area contributed by atoms with Crippen molar-refractivity contribution in [3.63, 3.8) is 0 Å². The fourth-order valence-electron chi connectivity index (χ4n) is 0.575. The van der Waals surface area contributed by atoms with E-state index in [9.17, 15) is 4.79 Å². The maximum atomic E-state index is 10.4. The predicted octanol–water partition coefficient (Wildman–Crippen LogP) is 1.45. The first-order valence-electron chi connectivity index (χ1n) is 4.63. The first-order valence-corrected chi connectivity index (χ1v) is 7.53. The fourth-order valence-corrected chi connectivity index (χ4v) is 1.58. The number of rotatable bonds is 4. The number of aliphatic hydroxyl groups is 1. The van der Waals surface area contributed by atoms with Crippen molar-refractivity contribution in [3.8, 4) is 0 Å². The van der Waals surface area contributed by atoms with E-state index >= 15 is 0 Å². The highest BCUT2D eigenvalue weighted by molar-refractivity contribution is 6.74. The highest BCUT2D eigenvalue weighted by Gasteiger charge is 2.37. The van der Waals surface area contributed by atoms with Gasteiger partial charge in [0.1, 0.15) is 0 Å². The number of carboxylic acids is 1. The normalized spacial score (nSPS) is 15.3. The van der Waals surface area contributed by atoms with Crippen molar-refractivity contribution in [2.24, 2.45) is 0 Å². The Balaban J connectivity index is 4.20. The third-order valence-electron chi connectivity index (χ3n) is 2.69. The van der Waals surface area contributed by atoms with Gasteiger partial charge >= 0.3 is 5.97 Å². The third kappa shape index (κ3) is 3.77. The molecule has 1 unspecified atom stereocenters. The van der Waals surface area contributed by atoms with Gasteiger partial charge in [0.25, 0.3) is 0 Å². The van der Waals surface area contributed by atoms with Crippen molar-refractivity contribution < 1.29 is 19.4 Å². The van der Waals surface area contributed by atoms with Crippen LogP contribution in [0.1, 0.15) is 20.8 Å². The minimum Gasteiger partial charge on any atom is -0.479 e. The SMILES string of the molecule is CC(C)(C)[Si](C)(C)OCC(O)C(=O)O. The second-order valence-electron chi connectivity index (χ2n) is 4.93. The fraction of sp³-hybridized carbons (Fsp3) is 0.889. The van der Waals surface area contributed by atoms with Gasteiger partial charge in [-0.2, -0.15) is 0 Å². The van der Waals surface area contributed by atoms with E-state index in [1.807, 2.05) is 13.1 Å². The van der Waals surface area contributed by atoms with Crippen LogP contribution in [0.5, 0.6) is 0 Å². The van der Waals surface area contributed by atoms with Gasteiger partial charge in [0.05, 0.1) is 6.61 Å². The molecule has 0 saturated carbocycles. The van der Waals surface area contributed by atoms with Gasteiger partial charge in [-0.15, -0.1) is 0 Å². The molecule has 0 aliphatic heterocycles. The van der Waals surface area contributed by atoms with Gasteiger partial charge in [-0.25, -0.2) is 4.79 Å². The van der Waals surface area contributed by atoms with Crippen LogP contribution in [0.2, 0.25) is 18.1 Å². The van der Waals surface area contributed by atoms with Crippen LogP contribution in [0.15, 0.2) is 0 Å². The summed E-state index contributed by atoms with van der Waals surface area (Å²) < 4.78 is 5.53. The minimum atomic E-state index is -1.94. The van der Waals surface area contributed by atoms with E-state index in [1.54, 1.807) is 0 Å². The van der Waals surface area contributed by atoms with Gasteiger partial charge in [-0.05, 0) is 18.1 Å². The lowest BCUT2D eigenvalue weighted by Crippen LogP contribution is -2.43. The summed E-state index contributed by atoms with van der Waals surface area (Å²) in [5.41, 5.74) is 0. The Labute approximate surface area is 86.0 Å². The largest absolute Gasteiger partial charge is 0.479 e. The van der Waals surface area contributed by atoms with Crippen LogP contribution in [0.3, 0.4) is 0 Å². The zero-order valence-corrected chi connectivity index (χ0v) is 10.5. The van der Waals surface area contributed by atoms with Crippen LogP contribution in [-0.4, -0.2) is 37.2 Å². The van der Waals surface area contributed by atoms with Crippen LogP contribution < -0.4 is 0 Å². The molecule has 5 heteroatoms.